The first-order valence-electron chi connectivity index (χ1n) is 9.41. The Morgan fingerprint density at radius 2 is 2.06 bits per heavy atom. The van der Waals surface area contributed by atoms with Gasteiger partial charge in [0.15, 0.2) is 15.5 Å². The number of rotatable bonds is 4. The average molecular weight is 456 g/mol. The number of fused-ring (bicyclic) bond motifs is 1. The van der Waals surface area contributed by atoms with E-state index in [1.54, 1.807) is 6.07 Å². The molecular weight excluding hydrogens is 437 g/mol. The summed E-state index contributed by atoms with van der Waals surface area (Å²) in [6, 6.07) is 4.19. The number of alkyl halides is 3. The molecule has 0 spiro atoms. The summed E-state index contributed by atoms with van der Waals surface area (Å²) in [5.74, 6) is -0.943. The Bertz CT molecular complexity index is 1290. The summed E-state index contributed by atoms with van der Waals surface area (Å²) in [6.07, 6.45) is -2.15. The molecule has 1 saturated heterocycles. The van der Waals surface area contributed by atoms with E-state index in [4.69, 9.17) is 0 Å². The predicted octanol–water partition coefficient (Wildman–Crippen LogP) is 1.42. The third kappa shape index (κ3) is 3.28. The number of nitrogens with one attached hydrogen (secondary N) is 3. The molecule has 31 heavy (non-hydrogen) atoms. The van der Waals surface area contributed by atoms with Crippen LogP contribution in [0.2, 0.25) is 0 Å². The van der Waals surface area contributed by atoms with Gasteiger partial charge < -0.3 is 15.2 Å². The molecule has 3 N–H and O–H groups in total. The molecule has 0 saturated carbocycles. The van der Waals surface area contributed by atoms with Gasteiger partial charge in [-0.25, -0.2) is 13.4 Å². The van der Waals surface area contributed by atoms with Crippen LogP contribution in [-0.2, 0) is 9.84 Å². The lowest BCUT2D eigenvalue weighted by Crippen LogP contribution is -2.73. The van der Waals surface area contributed by atoms with Crippen molar-refractivity contribution in [1.82, 2.24) is 25.5 Å². The highest BCUT2D eigenvalue weighted by molar-refractivity contribution is 7.93. The van der Waals surface area contributed by atoms with Crippen LogP contribution in [0.25, 0.3) is 22.2 Å². The lowest BCUT2D eigenvalue weighted by molar-refractivity contribution is -0.163. The van der Waals surface area contributed by atoms with Crippen molar-refractivity contribution >= 4 is 26.7 Å². The summed E-state index contributed by atoms with van der Waals surface area (Å²) >= 11 is 0. The van der Waals surface area contributed by atoms with Gasteiger partial charge in [-0.05, 0) is 23.3 Å². The molecule has 3 aromatic rings. The fourth-order valence-electron chi connectivity index (χ4n) is 3.92. The van der Waals surface area contributed by atoms with Gasteiger partial charge >= 0.3 is 6.18 Å². The number of H-pyrrole nitrogens is 2. The number of sulfone groups is 1. The highest BCUT2D eigenvalue weighted by Crippen LogP contribution is 2.43. The molecule has 0 aliphatic carbocycles. The minimum atomic E-state index is -5.11. The first kappa shape index (κ1) is 21.3. The van der Waals surface area contributed by atoms with Crippen molar-refractivity contribution in [2.75, 3.05) is 30.3 Å². The normalized spacial score (nSPS) is 20.3. The number of aromatic nitrogens is 4. The van der Waals surface area contributed by atoms with Gasteiger partial charge in [-0.15, -0.1) is 0 Å². The van der Waals surface area contributed by atoms with Gasteiger partial charge in [-0.1, -0.05) is 6.92 Å². The Morgan fingerprint density at radius 3 is 2.77 bits per heavy atom. The van der Waals surface area contributed by atoms with Gasteiger partial charge in [0, 0.05) is 37.3 Å². The summed E-state index contributed by atoms with van der Waals surface area (Å²) < 4.78 is 68.5. The minimum absolute atomic E-state index is 0.116. The van der Waals surface area contributed by atoms with E-state index >= 15 is 0 Å². The standard InChI is InChI=1S/C18H19F3N6O3S/c1-2-31(29,30)17(18(19,20)21)10-22-5-6-27(17)14-7-11(8-15(28)25-14)12-3-4-23-16-13(12)9-24-26-16/h3-4,7-9,22H,2,5-6,10H2,1H3,(H,25,28)(H,23,24,26). The molecule has 1 fully saturated rings. The van der Waals surface area contributed by atoms with Gasteiger partial charge in [0.25, 0.3) is 4.87 Å². The Balaban J connectivity index is 1.94. The van der Waals surface area contributed by atoms with E-state index < -0.39 is 38.7 Å². The average Bonchev–Trinajstić information content (AvgIpc) is 3.21. The van der Waals surface area contributed by atoms with Crippen LogP contribution in [0.4, 0.5) is 19.0 Å². The maximum absolute atomic E-state index is 14.3. The van der Waals surface area contributed by atoms with E-state index in [2.05, 4.69) is 25.5 Å². The lowest BCUT2D eigenvalue weighted by Gasteiger charge is -2.47. The molecule has 1 unspecified atom stereocenters. The number of hydrogen-bond acceptors (Lipinski definition) is 7. The van der Waals surface area contributed by atoms with Crippen LogP contribution in [0.5, 0.6) is 0 Å². The van der Waals surface area contributed by atoms with E-state index in [1.807, 2.05) is 0 Å². The van der Waals surface area contributed by atoms with E-state index in [-0.39, 0.29) is 18.9 Å². The summed E-state index contributed by atoms with van der Waals surface area (Å²) in [4.78, 5) is 16.4. The molecule has 13 heteroatoms. The van der Waals surface area contributed by atoms with Crippen molar-refractivity contribution in [2.45, 2.75) is 18.0 Å². The van der Waals surface area contributed by atoms with Crippen LogP contribution in [0.3, 0.4) is 0 Å². The highest BCUT2D eigenvalue weighted by atomic mass is 32.2. The number of pyridine rings is 2. The van der Waals surface area contributed by atoms with Crippen molar-refractivity contribution < 1.29 is 21.6 Å². The third-order valence-electron chi connectivity index (χ3n) is 5.44. The van der Waals surface area contributed by atoms with Crippen LogP contribution in [0, 0.1) is 0 Å². The first-order valence-corrected chi connectivity index (χ1v) is 11.1. The molecular formula is C18H19F3N6O3S. The number of anilines is 1. The summed E-state index contributed by atoms with van der Waals surface area (Å²) in [7, 11) is -4.66. The second kappa shape index (κ2) is 7.34. The van der Waals surface area contributed by atoms with Crippen LogP contribution in [0.1, 0.15) is 6.92 Å². The van der Waals surface area contributed by atoms with E-state index in [0.717, 1.165) is 4.90 Å². The zero-order chi connectivity index (χ0) is 22.4. The SMILES string of the molecule is CCS(=O)(=O)C1(C(F)(F)F)CNCCN1c1cc(-c2ccnc3[nH]ncc23)cc(=O)[nH]1. The molecule has 0 aromatic carbocycles. The highest BCUT2D eigenvalue weighted by Gasteiger charge is 2.67. The zero-order valence-electron chi connectivity index (χ0n) is 16.3. The predicted molar refractivity (Wildman–Crippen MR) is 108 cm³/mol. The maximum Gasteiger partial charge on any atom is 0.427 e. The summed E-state index contributed by atoms with van der Waals surface area (Å²) in [6.45, 7) is 0.168. The van der Waals surface area contributed by atoms with Gasteiger partial charge in [-0.3, -0.25) is 9.89 Å². The smallest absolute Gasteiger partial charge is 0.329 e. The third-order valence-corrected chi connectivity index (χ3v) is 7.82. The first-order chi connectivity index (χ1) is 14.6. The topological polar surface area (TPSA) is 124 Å². The number of halogens is 3. The quantitative estimate of drug-likeness (QED) is 0.542. The molecule has 166 valence electrons. The van der Waals surface area contributed by atoms with Crippen molar-refractivity contribution in [1.29, 1.82) is 0 Å². The number of aromatic amines is 2. The number of nitrogens with zero attached hydrogens (tertiary/aromatic N) is 3. The zero-order valence-corrected chi connectivity index (χ0v) is 17.1. The van der Waals surface area contributed by atoms with Crippen molar-refractivity contribution in [3.63, 3.8) is 0 Å². The van der Waals surface area contributed by atoms with Crippen LogP contribution < -0.4 is 15.8 Å². The van der Waals surface area contributed by atoms with Crippen LogP contribution in [-0.4, -0.2) is 65.0 Å². The number of piperazine rings is 1. The molecule has 0 bridgehead atoms. The lowest BCUT2D eigenvalue weighted by atomic mass is 10.0. The summed E-state index contributed by atoms with van der Waals surface area (Å²) in [5.41, 5.74) is 0.623. The Kier molecular flexibility index (Phi) is 5.04. The van der Waals surface area contributed by atoms with Crippen molar-refractivity contribution in [3.05, 3.63) is 40.9 Å². The molecule has 4 heterocycles. The fourth-order valence-corrected chi connectivity index (χ4v) is 5.60. The Hall–Kier alpha value is -2.93. The molecule has 1 aliphatic rings. The van der Waals surface area contributed by atoms with E-state index in [9.17, 15) is 26.4 Å². The second-order valence-electron chi connectivity index (χ2n) is 7.12. The molecule has 3 aromatic heterocycles. The minimum Gasteiger partial charge on any atom is -0.329 e. The van der Waals surface area contributed by atoms with Crippen molar-refractivity contribution in [2.24, 2.45) is 0 Å². The van der Waals surface area contributed by atoms with Gasteiger partial charge in [0.1, 0.15) is 5.82 Å². The molecule has 0 amide bonds. The van der Waals surface area contributed by atoms with Gasteiger partial charge in [-0.2, -0.15) is 18.3 Å². The number of hydrogen-bond donors (Lipinski definition) is 3. The molecule has 0 radical (unpaired) electrons. The monoisotopic (exact) mass is 456 g/mol. The molecule has 1 atom stereocenters. The van der Waals surface area contributed by atoms with Gasteiger partial charge in [0.2, 0.25) is 5.56 Å². The largest absolute Gasteiger partial charge is 0.427 e. The van der Waals surface area contributed by atoms with Gasteiger partial charge in [0.05, 0.1) is 11.9 Å². The second-order valence-corrected chi connectivity index (χ2v) is 9.61. The fraction of sp³-hybridized carbons (Fsp3) is 0.389. The maximum atomic E-state index is 14.3. The summed E-state index contributed by atoms with van der Waals surface area (Å²) in [5, 5.41) is 9.71. The Labute approximate surface area is 174 Å². The van der Waals surface area contributed by atoms with Crippen molar-refractivity contribution in [3.8, 4) is 11.1 Å². The van der Waals surface area contributed by atoms with E-state index in [0.29, 0.717) is 22.2 Å². The van der Waals surface area contributed by atoms with Crippen LogP contribution in [0.15, 0.2) is 35.4 Å². The molecule has 4 rings (SSSR count). The van der Waals surface area contributed by atoms with Crippen LogP contribution >= 0.6 is 0 Å². The molecule has 1 aliphatic heterocycles. The van der Waals surface area contributed by atoms with E-state index in [1.165, 1.54) is 31.5 Å². The Morgan fingerprint density at radius 1 is 1.29 bits per heavy atom. The molecule has 9 nitrogen and oxygen atoms in total.